The third kappa shape index (κ3) is 1.38. The van der Waals surface area contributed by atoms with Gasteiger partial charge in [0.2, 0.25) is 0 Å². The molecule has 0 amide bonds. The van der Waals surface area contributed by atoms with E-state index in [9.17, 15) is 4.39 Å². The highest BCUT2D eigenvalue weighted by molar-refractivity contribution is 9.10. The molecule has 1 aliphatic rings. The lowest BCUT2D eigenvalue weighted by Crippen LogP contribution is -2.20. The van der Waals surface area contributed by atoms with Gasteiger partial charge in [0.1, 0.15) is 11.6 Å². The Labute approximate surface area is 94.0 Å². The Kier molecular flexibility index (Phi) is 1.73. The normalized spacial score (nSPS) is 18.3. The Bertz CT molecular complexity index is 506. The number of nitrogens with two attached hydrogens (primary N) is 1. The molecule has 0 atom stereocenters. The van der Waals surface area contributed by atoms with E-state index in [4.69, 9.17) is 5.73 Å². The lowest BCUT2D eigenvalue weighted by Gasteiger charge is -2.01. The number of fused-ring (bicyclic) bond motifs is 1. The van der Waals surface area contributed by atoms with Crippen LogP contribution in [0.15, 0.2) is 16.6 Å². The molecule has 3 N–H and O–H groups in total. The van der Waals surface area contributed by atoms with Gasteiger partial charge in [-0.3, -0.25) is 0 Å². The van der Waals surface area contributed by atoms with Crippen LogP contribution < -0.4 is 5.73 Å². The molecule has 3 rings (SSSR count). The van der Waals surface area contributed by atoms with Crippen molar-refractivity contribution in [1.29, 1.82) is 0 Å². The molecule has 1 aromatic heterocycles. The number of aromatic amines is 1. The first-order chi connectivity index (χ1) is 7.08. The highest BCUT2D eigenvalue weighted by Crippen LogP contribution is 2.41. The first-order valence-electron chi connectivity index (χ1n) is 4.73. The zero-order chi connectivity index (χ0) is 10.6. The Morgan fingerprint density at radius 3 is 2.87 bits per heavy atom. The van der Waals surface area contributed by atoms with E-state index in [0.29, 0.717) is 9.99 Å². The van der Waals surface area contributed by atoms with Gasteiger partial charge in [-0.2, -0.15) is 0 Å². The van der Waals surface area contributed by atoms with Gasteiger partial charge in [0.25, 0.3) is 0 Å². The maximum Gasteiger partial charge on any atom is 0.139 e. The number of rotatable bonds is 1. The summed E-state index contributed by atoms with van der Waals surface area (Å²) in [7, 11) is 0. The summed E-state index contributed by atoms with van der Waals surface area (Å²) in [5.41, 5.74) is 7.15. The van der Waals surface area contributed by atoms with Crippen molar-refractivity contribution in [3.8, 4) is 0 Å². The maximum absolute atomic E-state index is 13.2. The number of imidazole rings is 1. The quantitative estimate of drug-likeness (QED) is 0.836. The lowest BCUT2D eigenvalue weighted by atomic mass is 10.3. The van der Waals surface area contributed by atoms with E-state index in [1.165, 1.54) is 6.07 Å². The van der Waals surface area contributed by atoms with Gasteiger partial charge in [0.05, 0.1) is 21.0 Å². The molecule has 3 nitrogen and oxygen atoms in total. The van der Waals surface area contributed by atoms with E-state index in [1.807, 2.05) is 0 Å². The maximum atomic E-state index is 13.2. The third-order valence-corrected chi connectivity index (χ3v) is 3.39. The molecule has 0 saturated heterocycles. The van der Waals surface area contributed by atoms with Gasteiger partial charge in [0, 0.05) is 6.07 Å². The number of aromatic nitrogens is 2. The fraction of sp³-hybridized carbons (Fsp3) is 0.300. The van der Waals surface area contributed by atoms with Gasteiger partial charge in [-0.1, -0.05) is 0 Å². The standard InChI is InChI=1S/C10H9BrFN3/c11-5-3-7-8(4-6(5)12)15-9(14-7)10(13)1-2-10/h3-4H,1-2,13H2,(H,14,15). The molecular weight excluding hydrogens is 261 g/mol. The zero-order valence-electron chi connectivity index (χ0n) is 7.85. The van der Waals surface area contributed by atoms with Gasteiger partial charge >= 0.3 is 0 Å². The predicted molar refractivity (Wildman–Crippen MR) is 58.9 cm³/mol. The third-order valence-electron chi connectivity index (χ3n) is 2.78. The average molecular weight is 270 g/mol. The predicted octanol–water partition coefficient (Wildman–Crippen LogP) is 2.41. The number of halogens is 2. The number of H-pyrrole nitrogens is 1. The van der Waals surface area contributed by atoms with Crippen molar-refractivity contribution in [3.05, 3.63) is 28.2 Å². The van der Waals surface area contributed by atoms with E-state index in [1.54, 1.807) is 6.07 Å². The Hall–Kier alpha value is -0.940. The minimum absolute atomic E-state index is 0.292. The van der Waals surface area contributed by atoms with Crippen molar-refractivity contribution in [2.45, 2.75) is 18.4 Å². The minimum Gasteiger partial charge on any atom is -0.340 e. The van der Waals surface area contributed by atoms with Gasteiger partial charge in [0.15, 0.2) is 0 Å². The topological polar surface area (TPSA) is 54.7 Å². The summed E-state index contributed by atoms with van der Waals surface area (Å²) in [5, 5.41) is 0. The summed E-state index contributed by atoms with van der Waals surface area (Å²) < 4.78 is 13.7. The number of hydrogen-bond acceptors (Lipinski definition) is 2. The van der Waals surface area contributed by atoms with Crippen LogP contribution >= 0.6 is 15.9 Å². The van der Waals surface area contributed by atoms with Crippen molar-refractivity contribution in [3.63, 3.8) is 0 Å². The molecule has 0 radical (unpaired) electrons. The minimum atomic E-state index is -0.304. The molecule has 1 aliphatic carbocycles. The molecule has 15 heavy (non-hydrogen) atoms. The smallest absolute Gasteiger partial charge is 0.139 e. The summed E-state index contributed by atoms with van der Waals surface area (Å²) >= 11 is 3.13. The SMILES string of the molecule is NC1(c2nc3cc(Br)c(F)cc3[nH]2)CC1. The van der Waals surface area contributed by atoms with E-state index < -0.39 is 0 Å². The van der Waals surface area contributed by atoms with Gasteiger partial charge in [-0.25, -0.2) is 9.37 Å². The van der Waals surface area contributed by atoms with Gasteiger partial charge < -0.3 is 10.7 Å². The second kappa shape index (κ2) is 2.80. The van der Waals surface area contributed by atoms with Crippen molar-refractivity contribution in [1.82, 2.24) is 9.97 Å². The van der Waals surface area contributed by atoms with Crippen LogP contribution in [0, 0.1) is 5.82 Å². The highest BCUT2D eigenvalue weighted by Gasteiger charge is 2.43. The van der Waals surface area contributed by atoms with E-state index in [2.05, 4.69) is 25.9 Å². The number of benzene rings is 1. The van der Waals surface area contributed by atoms with Crippen molar-refractivity contribution in [2.24, 2.45) is 5.73 Å². The second-order valence-electron chi connectivity index (χ2n) is 4.03. The van der Waals surface area contributed by atoms with Crippen LogP contribution in [0.2, 0.25) is 0 Å². The van der Waals surface area contributed by atoms with E-state index in [-0.39, 0.29) is 11.4 Å². The average Bonchev–Trinajstić information content (AvgIpc) is 2.78. The molecule has 1 aromatic carbocycles. The summed E-state index contributed by atoms with van der Waals surface area (Å²) in [6, 6.07) is 3.10. The van der Waals surface area contributed by atoms with E-state index in [0.717, 1.165) is 24.2 Å². The van der Waals surface area contributed by atoms with Crippen LogP contribution in [0.25, 0.3) is 11.0 Å². The summed E-state index contributed by atoms with van der Waals surface area (Å²) in [6.45, 7) is 0. The van der Waals surface area contributed by atoms with Crippen LogP contribution in [-0.4, -0.2) is 9.97 Å². The molecule has 2 aromatic rings. The lowest BCUT2D eigenvalue weighted by molar-refractivity contribution is 0.623. The van der Waals surface area contributed by atoms with Crippen LogP contribution in [-0.2, 0) is 5.54 Å². The molecule has 78 valence electrons. The monoisotopic (exact) mass is 269 g/mol. The number of nitrogens with zero attached hydrogens (tertiary/aromatic N) is 1. The summed E-state index contributed by atoms with van der Waals surface area (Å²) in [4.78, 5) is 7.44. The Morgan fingerprint density at radius 2 is 2.20 bits per heavy atom. The molecule has 1 saturated carbocycles. The highest BCUT2D eigenvalue weighted by atomic mass is 79.9. The van der Waals surface area contributed by atoms with Crippen LogP contribution in [0.5, 0.6) is 0 Å². The first kappa shape index (κ1) is 9.30. The molecule has 0 aliphatic heterocycles. The first-order valence-corrected chi connectivity index (χ1v) is 5.52. The molecular formula is C10H9BrFN3. The number of nitrogens with one attached hydrogen (secondary N) is 1. The fourth-order valence-corrected chi connectivity index (χ4v) is 1.94. The fourth-order valence-electron chi connectivity index (χ4n) is 1.61. The van der Waals surface area contributed by atoms with Crippen LogP contribution in [0.1, 0.15) is 18.7 Å². The van der Waals surface area contributed by atoms with Crippen molar-refractivity contribution in [2.75, 3.05) is 0 Å². The van der Waals surface area contributed by atoms with Gasteiger partial charge in [-0.15, -0.1) is 0 Å². The summed E-state index contributed by atoms with van der Waals surface area (Å²) in [5.74, 6) is 0.467. The molecule has 0 unspecified atom stereocenters. The van der Waals surface area contributed by atoms with Crippen LogP contribution in [0.3, 0.4) is 0 Å². The summed E-state index contributed by atoms with van der Waals surface area (Å²) in [6.07, 6.45) is 1.88. The Morgan fingerprint density at radius 1 is 1.47 bits per heavy atom. The molecule has 1 heterocycles. The Balaban J connectivity index is 2.22. The van der Waals surface area contributed by atoms with Crippen molar-refractivity contribution >= 4 is 27.0 Å². The molecule has 5 heteroatoms. The largest absolute Gasteiger partial charge is 0.340 e. The molecule has 1 fully saturated rings. The van der Waals surface area contributed by atoms with Crippen LogP contribution in [0.4, 0.5) is 4.39 Å². The zero-order valence-corrected chi connectivity index (χ0v) is 9.44. The van der Waals surface area contributed by atoms with Gasteiger partial charge in [-0.05, 0) is 34.8 Å². The molecule has 0 spiro atoms. The van der Waals surface area contributed by atoms with E-state index >= 15 is 0 Å². The number of hydrogen-bond donors (Lipinski definition) is 2. The molecule has 0 bridgehead atoms. The van der Waals surface area contributed by atoms with Crippen molar-refractivity contribution < 1.29 is 4.39 Å². The second-order valence-corrected chi connectivity index (χ2v) is 4.88.